The number of nitrogens with one attached hydrogen (secondary N) is 1. The largest absolute Gasteiger partial charge is 0.479 e. The van der Waals surface area contributed by atoms with Crippen molar-refractivity contribution in [3.63, 3.8) is 0 Å². The van der Waals surface area contributed by atoms with Gasteiger partial charge in [-0.1, -0.05) is 0 Å². The van der Waals surface area contributed by atoms with E-state index >= 15 is 0 Å². The van der Waals surface area contributed by atoms with Crippen molar-refractivity contribution in [2.45, 2.75) is 19.1 Å². The standard InChI is InChI=1S/C14H13N5.C4H6O6/c1-10-13(18-19-6-5-16-9-19)7-11(8-15)12-3-2-4-17-14(10)12;5-1(3(7)8)2(6)4(9)10/h2-4,7,9,18H,5-6H2,1H3;1-2,5-6H,(H,7,8)(H,9,10). The highest BCUT2D eigenvalue weighted by molar-refractivity contribution is 5.91. The van der Waals surface area contributed by atoms with Gasteiger partial charge in [0.1, 0.15) is 6.34 Å². The number of hydrogen-bond donors (Lipinski definition) is 5. The summed E-state index contributed by atoms with van der Waals surface area (Å²) in [6.07, 6.45) is -1.01. The molecule has 1 aliphatic heterocycles. The Morgan fingerprint density at radius 1 is 1.28 bits per heavy atom. The van der Waals surface area contributed by atoms with E-state index in [1.54, 1.807) is 12.5 Å². The van der Waals surface area contributed by atoms with Crippen LogP contribution in [0, 0.1) is 18.3 Å². The summed E-state index contributed by atoms with van der Waals surface area (Å²) in [4.78, 5) is 28.1. The third-order valence-corrected chi connectivity index (χ3v) is 4.03. The number of carbonyl (C=O) groups is 2. The second kappa shape index (κ2) is 9.45. The maximum absolute atomic E-state index is 9.77. The van der Waals surface area contributed by atoms with Gasteiger partial charge in [0.05, 0.1) is 35.9 Å². The molecule has 0 fully saturated rings. The minimum atomic E-state index is -2.27. The number of aryl methyl sites for hydroxylation is 1. The maximum atomic E-state index is 9.77. The Labute approximate surface area is 165 Å². The molecule has 0 radical (unpaired) electrons. The van der Waals surface area contributed by atoms with Crippen molar-refractivity contribution in [1.82, 2.24) is 9.99 Å². The third-order valence-electron chi connectivity index (χ3n) is 4.03. The van der Waals surface area contributed by atoms with Crippen LogP contribution < -0.4 is 5.43 Å². The summed E-state index contributed by atoms with van der Waals surface area (Å²) in [6.45, 7) is 3.64. The molecule has 2 heterocycles. The monoisotopic (exact) mass is 401 g/mol. The Bertz CT molecular complexity index is 969. The van der Waals surface area contributed by atoms with E-state index in [2.05, 4.69) is 21.5 Å². The van der Waals surface area contributed by atoms with E-state index in [9.17, 15) is 14.9 Å². The summed E-state index contributed by atoms with van der Waals surface area (Å²) in [7, 11) is 0. The summed E-state index contributed by atoms with van der Waals surface area (Å²) < 4.78 is 0. The Kier molecular flexibility index (Phi) is 7.02. The van der Waals surface area contributed by atoms with Crippen molar-refractivity contribution in [1.29, 1.82) is 5.26 Å². The van der Waals surface area contributed by atoms with Gasteiger partial charge in [-0.15, -0.1) is 0 Å². The Hall–Kier alpha value is -3.75. The molecule has 2 unspecified atom stereocenters. The molecule has 11 heteroatoms. The number of nitrogens with zero attached hydrogens (tertiary/aromatic N) is 4. The Morgan fingerprint density at radius 2 is 1.93 bits per heavy atom. The van der Waals surface area contributed by atoms with Gasteiger partial charge >= 0.3 is 11.9 Å². The van der Waals surface area contributed by atoms with E-state index in [-0.39, 0.29) is 0 Å². The number of aliphatic carboxylic acids is 2. The number of pyridine rings is 1. The van der Waals surface area contributed by atoms with Crippen LogP contribution in [0.4, 0.5) is 5.69 Å². The molecular formula is C18H19N5O6. The van der Waals surface area contributed by atoms with Gasteiger partial charge in [-0.05, 0) is 25.1 Å². The van der Waals surface area contributed by atoms with Crippen molar-refractivity contribution in [2.75, 3.05) is 18.5 Å². The van der Waals surface area contributed by atoms with Crippen LogP contribution in [0.1, 0.15) is 11.1 Å². The molecule has 2 aromatic rings. The van der Waals surface area contributed by atoms with E-state index in [0.29, 0.717) is 5.56 Å². The molecule has 152 valence electrons. The van der Waals surface area contributed by atoms with Crippen LogP contribution in [-0.4, -0.2) is 74.0 Å². The van der Waals surface area contributed by atoms with Crippen molar-refractivity contribution >= 4 is 34.9 Å². The first-order valence-corrected chi connectivity index (χ1v) is 8.39. The summed E-state index contributed by atoms with van der Waals surface area (Å²) in [5.74, 6) is -3.54. The molecule has 0 amide bonds. The molecule has 1 aromatic heterocycles. The first-order valence-electron chi connectivity index (χ1n) is 8.39. The summed E-state index contributed by atoms with van der Waals surface area (Å²) in [5.41, 5.74) is 6.70. The number of carboxylic acids is 2. The fourth-order valence-electron chi connectivity index (χ4n) is 2.48. The van der Waals surface area contributed by atoms with Crippen molar-refractivity contribution < 1.29 is 30.0 Å². The van der Waals surface area contributed by atoms with Gasteiger partial charge in [0.15, 0.2) is 12.2 Å². The third kappa shape index (κ3) is 5.16. The lowest BCUT2D eigenvalue weighted by molar-refractivity contribution is -0.165. The SMILES string of the molecule is Cc1c(NN2C=NCC2)cc(C#N)c2cccnc12.O=C(O)C(O)C(O)C(=O)O. The van der Waals surface area contributed by atoms with Crippen LogP contribution in [0.15, 0.2) is 29.4 Å². The van der Waals surface area contributed by atoms with Crippen LogP contribution in [0.5, 0.6) is 0 Å². The van der Waals surface area contributed by atoms with E-state index in [4.69, 9.17) is 20.4 Å². The predicted molar refractivity (Wildman–Crippen MR) is 102 cm³/mol. The highest BCUT2D eigenvalue weighted by Gasteiger charge is 2.29. The predicted octanol–water partition coefficient (Wildman–Crippen LogP) is -0.0369. The van der Waals surface area contributed by atoms with E-state index in [0.717, 1.165) is 35.2 Å². The zero-order valence-corrected chi connectivity index (χ0v) is 15.3. The Morgan fingerprint density at radius 3 is 2.45 bits per heavy atom. The van der Waals surface area contributed by atoms with Crippen molar-refractivity contribution in [2.24, 2.45) is 4.99 Å². The van der Waals surface area contributed by atoms with Gasteiger partial charge in [-0.2, -0.15) is 5.26 Å². The summed E-state index contributed by atoms with van der Waals surface area (Å²) >= 11 is 0. The number of aliphatic hydroxyl groups is 2. The Balaban J connectivity index is 0.000000257. The highest BCUT2D eigenvalue weighted by Crippen LogP contribution is 2.27. The van der Waals surface area contributed by atoms with E-state index in [1.807, 2.05) is 30.1 Å². The number of hydrogen-bond acceptors (Lipinski definition) is 9. The average molecular weight is 401 g/mol. The zero-order chi connectivity index (χ0) is 21.6. The molecule has 1 aliphatic rings. The maximum Gasteiger partial charge on any atom is 0.335 e. The fraction of sp³-hybridized carbons (Fsp3) is 0.278. The van der Waals surface area contributed by atoms with E-state index in [1.165, 1.54) is 0 Å². The van der Waals surface area contributed by atoms with Gasteiger partial charge in [-0.25, -0.2) is 9.59 Å². The number of nitriles is 1. The molecule has 2 atom stereocenters. The highest BCUT2D eigenvalue weighted by atomic mass is 16.4. The number of rotatable bonds is 5. The molecule has 29 heavy (non-hydrogen) atoms. The number of aliphatic hydroxyl groups excluding tert-OH is 2. The van der Waals surface area contributed by atoms with Crippen LogP contribution >= 0.6 is 0 Å². The number of benzene rings is 1. The molecule has 0 aliphatic carbocycles. The molecular weight excluding hydrogens is 382 g/mol. The minimum absolute atomic E-state index is 0.632. The quantitative estimate of drug-likeness (QED) is 0.456. The summed E-state index contributed by atoms with van der Waals surface area (Å²) in [6, 6.07) is 7.87. The topological polar surface area (TPSA) is 179 Å². The number of hydrazine groups is 1. The average Bonchev–Trinajstić information content (AvgIpc) is 3.22. The molecule has 0 bridgehead atoms. The normalized spacial score (nSPS) is 14.5. The second-order valence-corrected chi connectivity index (χ2v) is 6.00. The molecule has 3 rings (SSSR count). The van der Waals surface area contributed by atoms with Crippen LogP contribution in [0.3, 0.4) is 0 Å². The number of carboxylic acid groups (broad SMARTS) is 2. The smallest absolute Gasteiger partial charge is 0.335 e. The molecule has 0 spiro atoms. The van der Waals surface area contributed by atoms with Crippen LogP contribution in [0.25, 0.3) is 10.9 Å². The lowest BCUT2D eigenvalue weighted by Crippen LogP contribution is -2.39. The van der Waals surface area contributed by atoms with Crippen molar-refractivity contribution in [3.8, 4) is 6.07 Å². The van der Waals surface area contributed by atoms with Crippen LogP contribution in [0.2, 0.25) is 0 Å². The number of fused-ring (bicyclic) bond motifs is 1. The van der Waals surface area contributed by atoms with Gasteiger partial charge in [0.2, 0.25) is 0 Å². The van der Waals surface area contributed by atoms with E-state index < -0.39 is 24.1 Å². The first-order chi connectivity index (χ1) is 13.8. The van der Waals surface area contributed by atoms with Gasteiger partial charge in [0, 0.05) is 17.1 Å². The van der Waals surface area contributed by atoms with Crippen LogP contribution in [-0.2, 0) is 9.59 Å². The lowest BCUT2D eigenvalue weighted by Gasteiger charge is -2.19. The second-order valence-electron chi connectivity index (χ2n) is 6.00. The number of aromatic nitrogens is 1. The van der Waals surface area contributed by atoms with Gasteiger partial charge in [0.25, 0.3) is 0 Å². The lowest BCUT2D eigenvalue weighted by atomic mass is 10.0. The molecule has 11 nitrogen and oxygen atoms in total. The fourth-order valence-corrected chi connectivity index (χ4v) is 2.48. The summed E-state index contributed by atoms with van der Waals surface area (Å²) in [5, 5.41) is 44.6. The number of anilines is 1. The number of aliphatic imine (C=N–C) groups is 1. The molecule has 0 saturated heterocycles. The van der Waals surface area contributed by atoms with Gasteiger partial charge < -0.3 is 20.4 Å². The van der Waals surface area contributed by atoms with Gasteiger partial charge in [-0.3, -0.25) is 20.4 Å². The molecule has 0 saturated carbocycles. The minimum Gasteiger partial charge on any atom is -0.479 e. The molecule has 1 aromatic carbocycles. The first kappa shape index (κ1) is 21.5. The molecule has 5 N–H and O–H groups in total. The zero-order valence-electron chi connectivity index (χ0n) is 15.3. The van der Waals surface area contributed by atoms with Crippen molar-refractivity contribution in [3.05, 3.63) is 35.5 Å².